The molecule has 0 aliphatic rings. The van der Waals surface area contributed by atoms with Crippen molar-refractivity contribution < 1.29 is 13.9 Å². The van der Waals surface area contributed by atoms with E-state index in [0.717, 1.165) is 16.5 Å². The Bertz CT molecular complexity index is 859. The van der Waals surface area contributed by atoms with Crippen LogP contribution in [0.15, 0.2) is 52.4 Å². The molecule has 130 valence electrons. The zero-order chi connectivity index (χ0) is 17.6. The predicted molar refractivity (Wildman–Crippen MR) is 93.4 cm³/mol. The van der Waals surface area contributed by atoms with Gasteiger partial charge in [-0.2, -0.15) is 0 Å². The Labute approximate surface area is 149 Å². The highest BCUT2D eigenvalue weighted by molar-refractivity contribution is 7.98. The van der Waals surface area contributed by atoms with Gasteiger partial charge in [-0.05, 0) is 18.2 Å². The van der Waals surface area contributed by atoms with Crippen molar-refractivity contribution in [2.24, 2.45) is 7.05 Å². The molecular weight excluding hydrogens is 340 g/mol. The molecule has 0 radical (unpaired) electrons. The number of hydrogen-bond acceptors (Lipinski definition) is 6. The number of amides is 1. The number of carbonyl (C=O) groups excluding carboxylic acids is 1. The zero-order valence-corrected chi connectivity index (χ0v) is 14.7. The number of hydrogen-bond donors (Lipinski definition) is 1. The van der Waals surface area contributed by atoms with Gasteiger partial charge in [0.15, 0.2) is 10.9 Å². The summed E-state index contributed by atoms with van der Waals surface area (Å²) < 4.78 is 12.7. The van der Waals surface area contributed by atoms with E-state index in [1.54, 1.807) is 49.5 Å². The molecule has 25 heavy (non-hydrogen) atoms. The second-order valence-corrected chi connectivity index (χ2v) is 6.17. The molecule has 0 aliphatic carbocycles. The average Bonchev–Trinajstić information content (AvgIpc) is 3.27. The third-order valence-electron chi connectivity index (χ3n) is 3.49. The van der Waals surface area contributed by atoms with E-state index in [9.17, 15) is 4.79 Å². The van der Waals surface area contributed by atoms with Gasteiger partial charge in [0.25, 0.3) is 5.91 Å². The van der Waals surface area contributed by atoms with Crippen LogP contribution in [0.2, 0.25) is 0 Å². The van der Waals surface area contributed by atoms with E-state index in [4.69, 9.17) is 9.15 Å². The van der Waals surface area contributed by atoms with Crippen molar-refractivity contribution in [2.75, 3.05) is 7.11 Å². The lowest BCUT2D eigenvalue weighted by molar-refractivity contribution is 0.0921. The summed E-state index contributed by atoms with van der Waals surface area (Å²) in [6, 6.07) is 7.12. The minimum Gasteiger partial charge on any atom is -0.481 e. The number of imidazole rings is 1. The number of aromatic nitrogens is 3. The molecule has 0 spiro atoms. The normalized spacial score (nSPS) is 10.6. The lowest BCUT2D eigenvalue weighted by atomic mass is 10.2. The fourth-order valence-corrected chi connectivity index (χ4v) is 3.04. The van der Waals surface area contributed by atoms with Gasteiger partial charge in [-0.15, -0.1) is 0 Å². The van der Waals surface area contributed by atoms with Crippen molar-refractivity contribution in [3.63, 3.8) is 0 Å². The number of rotatable bonds is 7. The maximum atomic E-state index is 12.2. The zero-order valence-electron chi connectivity index (χ0n) is 13.9. The van der Waals surface area contributed by atoms with E-state index in [0.29, 0.717) is 18.2 Å². The number of methoxy groups -OCH3 is 1. The van der Waals surface area contributed by atoms with Crippen molar-refractivity contribution in [3.05, 3.63) is 59.9 Å². The van der Waals surface area contributed by atoms with Gasteiger partial charge in [0.2, 0.25) is 5.88 Å². The van der Waals surface area contributed by atoms with Crippen molar-refractivity contribution in [1.29, 1.82) is 0 Å². The van der Waals surface area contributed by atoms with Gasteiger partial charge < -0.3 is 19.0 Å². The average molecular weight is 358 g/mol. The summed E-state index contributed by atoms with van der Waals surface area (Å²) in [6.45, 7) is 0.313. The lowest BCUT2D eigenvalue weighted by Gasteiger charge is -2.07. The maximum Gasteiger partial charge on any atom is 0.287 e. The molecule has 3 aromatic heterocycles. The SMILES string of the molecule is COc1ncccc1CNC(=O)c1ccc(CSc2nccn2C)o1. The maximum absolute atomic E-state index is 12.2. The van der Waals surface area contributed by atoms with E-state index in [-0.39, 0.29) is 11.7 Å². The molecule has 0 saturated carbocycles. The lowest BCUT2D eigenvalue weighted by Crippen LogP contribution is -2.22. The number of aryl methyl sites for hydroxylation is 1. The Kier molecular flexibility index (Phi) is 5.39. The van der Waals surface area contributed by atoms with Gasteiger partial charge in [-0.3, -0.25) is 4.79 Å². The fraction of sp³-hybridized carbons (Fsp3) is 0.235. The highest BCUT2D eigenvalue weighted by Crippen LogP contribution is 2.22. The van der Waals surface area contributed by atoms with Crippen LogP contribution in [-0.4, -0.2) is 27.6 Å². The van der Waals surface area contributed by atoms with E-state index in [1.165, 1.54) is 0 Å². The van der Waals surface area contributed by atoms with Crippen LogP contribution in [-0.2, 0) is 19.3 Å². The molecule has 3 aromatic rings. The molecule has 0 aromatic carbocycles. The van der Waals surface area contributed by atoms with Crippen LogP contribution in [0.4, 0.5) is 0 Å². The molecule has 0 unspecified atom stereocenters. The van der Waals surface area contributed by atoms with Crippen LogP contribution in [0.1, 0.15) is 21.9 Å². The minimum atomic E-state index is -0.279. The first kappa shape index (κ1) is 17.1. The highest BCUT2D eigenvalue weighted by Gasteiger charge is 2.13. The van der Waals surface area contributed by atoms with Gasteiger partial charge in [0.05, 0.1) is 12.9 Å². The molecule has 0 bridgehead atoms. The molecule has 8 heteroatoms. The van der Waals surface area contributed by atoms with Gasteiger partial charge >= 0.3 is 0 Å². The summed E-state index contributed by atoms with van der Waals surface area (Å²) in [5, 5.41) is 3.70. The standard InChI is InChI=1S/C17H18N4O3S/c1-21-9-8-19-17(21)25-11-13-5-6-14(24-13)15(22)20-10-12-4-3-7-18-16(12)23-2/h3-9H,10-11H2,1-2H3,(H,20,22). The second kappa shape index (κ2) is 7.89. The molecular formula is C17H18N4O3S. The van der Waals surface area contributed by atoms with Crippen molar-refractivity contribution in [3.8, 4) is 5.88 Å². The molecule has 7 nitrogen and oxygen atoms in total. The first-order chi connectivity index (χ1) is 12.2. The first-order valence-corrected chi connectivity index (χ1v) is 8.61. The third-order valence-corrected chi connectivity index (χ3v) is 4.57. The van der Waals surface area contributed by atoms with Crippen LogP contribution < -0.4 is 10.1 Å². The summed E-state index contributed by atoms with van der Waals surface area (Å²) in [5.74, 6) is 1.82. The molecule has 3 heterocycles. The Morgan fingerprint density at radius 1 is 1.32 bits per heavy atom. The quantitative estimate of drug-likeness (QED) is 0.654. The van der Waals surface area contributed by atoms with E-state index in [1.807, 2.05) is 23.9 Å². The summed E-state index contributed by atoms with van der Waals surface area (Å²) in [6.07, 6.45) is 5.27. The number of carbonyl (C=O) groups is 1. The van der Waals surface area contributed by atoms with Crippen LogP contribution in [0.3, 0.4) is 0 Å². The number of ether oxygens (including phenoxy) is 1. The topological polar surface area (TPSA) is 82.2 Å². The van der Waals surface area contributed by atoms with Crippen molar-refractivity contribution in [1.82, 2.24) is 19.9 Å². The number of nitrogens with one attached hydrogen (secondary N) is 1. The second-order valence-electron chi connectivity index (χ2n) is 5.23. The predicted octanol–water partition coefficient (Wildman–Crippen LogP) is 2.64. The Balaban J connectivity index is 1.56. The molecule has 0 aliphatic heterocycles. The summed E-state index contributed by atoms with van der Waals surface area (Å²) >= 11 is 1.55. The molecule has 0 fully saturated rings. The molecule has 3 rings (SSSR count). The van der Waals surface area contributed by atoms with Crippen LogP contribution in [0.5, 0.6) is 5.88 Å². The van der Waals surface area contributed by atoms with Crippen molar-refractivity contribution >= 4 is 17.7 Å². The molecule has 1 N–H and O–H groups in total. The highest BCUT2D eigenvalue weighted by atomic mass is 32.2. The largest absolute Gasteiger partial charge is 0.481 e. The van der Waals surface area contributed by atoms with Gasteiger partial charge in [-0.1, -0.05) is 17.8 Å². The number of furan rings is 1. The molecule has 0 atom stereocenters. The van der Waals surface area contributed by atoms with Crippen LogP contribution in [0, 0.1) is 0 Å². The Hall–Kier alpha value is -2.74. The summed E-state index contributed by atoms with van der Waals surface area (Å²) in [4.78, 5) is 20.6. The Morgan fingerprint density at radius 3 is 2.96 bits per heavy atom. The monoisotopic (exact) mass is 358 g/mol. The van der Waals surface area contributed by atoms with Gasteiger partial charge in [-0.25, -0.2) is 9.97 Å². The fourth-order valence-electron chi connectivity index (χ4n) is 2.21. The van der Waals surface area contributed by atoms with Crippen LogP contribution >= 0.6 is 11.8 Å². The number of pyridine rings is 1. The summed E-state index contributed by atoms with van der Waals surface area (Å²) in [5.41, 5.74) is 0.801. The van der Waals surface area contributed by atoms with E-state index in [2.05, 4.69) is 15.3 Å². The Morgan fingerprint density at radius 2 is 2.20 bits per heavy atom. The smallest absolute Gasteiger partial charge is 0.287 e. The first-order valence-electron chi connectivity index (χ1n) is 7.62. The summed E-state index contributed by atoms with van der Waals surface area (Å²) in [7, 11) is 3.48. The van der Waals surface area contributed by atoms with Crippen molar-refractivity contribution in [2.45, 2.75) is 17.5 Å². The molecule has 1 amide bonds. The van der Waals surface area contributed by atoms with Crippen LogP contribution in [0.25, 0.3) is 0 Å². The van der Waals surface area contributed by atoms with E-state index >= 15 is 0 Å². The van der Waals surface area contributed by atoms with E-state index < -0.39 is 0 Å². The molecule has 0 saturated heterocycles. The van der Waals surface area contributed by atoms with Gasteiger partial charge in [0, 0.05) is 37.7 Å². The van der Waals surface area contributed by atoms with Gasteiger partial charge in [0.1, 0.15) is 5.76 Å². The number of thioether (sulfide) groups is 1. The number of nitrogens with zero attached hydrogens (tertiary/aromatic N) is 3. The minimum absolute atomic E-state index is 0.276. The third kappa shape index (κ3) is 4.21.